The Bertz CT molecular complexity index is 589. The van der Waals surface area contributed by atoms with Gasteiger partial charge in [-0.3, -0.25) is 4.90 Å². The summed E-state index contributed by atoms with van der Waals surface area (Å²) in [5.41, 5.74) is 3.46. The van der Waals surface area contributed by atoms with Crippen molar-refractivity contribution in [2.75, 3.05) is 6.26 Å². The summed E-state index contributed by atoms with van der Waals surface area (Å²) in [5.74, 6) is 0. The van der Waals surface area contributed by atoms with Crippen molar-refractivity contribution in [2.24, 2.45) is 0 Å². The fraction of sp³-hybridized carbons (Fsp3) is 0.286. The molecule has 0 bridgehead atoms. The highest BCUT2D eigenvalue weighted by Crippen LogP contribution is 2.29. The number of nitrogens with zero attached hydrogens (tertiary/aromatic N) is 3. The topological polar surface area (TPSA) is 29.0 Å². The van der Waals surface area contributed by atoms with Crippen molar-refractivity contribution >= 4 is 23.4 Å². The number of hydrogen-bond acceptors (Lipinski definition) is 4. The third kappa shape index (κ3) is 2.76. The van der Waals surface area contributed by atoms with Crippen LogP contribution < -0.4 is 0 Å². The Morgan fingerprint density at radius 1 is 1.21 bits per heavy atom. The molecule has 98 valence electrons. The molecule has 1 aromatic heterocycles. The highest BCUT2D eigenvalue weighted by molar-refractivity contribution is 7.98. The second-order valence-corrected chi connectivity index (χ2v) is 5.69. The number of rotatable bonds is 3. The average molecular weight is 292 g/mol. The Morgan fingerprint density at radius 2 is 2.00 bits per heavy atom. The van der Waals surface area contributed by atoms with E-state index >= 15 is 0 Å². The van der Waals surface area contributed by atoms with Crippen LogP contribution in [0.15, 0.2) is 35.5 Å². The van der Waals surface area contributed by atoms with E-state index in [1.165, 1.54) is 17.3 Å². The van der Waals surface area contributed by atoms with Crippen molar-refractivity contribution in [3.05, 3.63) is 52.3 Å². The minimum Gasteiger partial charge on any atom is -0.289 e. The van der Waals surface area contributed by atoms with Gasteiger partial charge in [-0.25, -0.2) is 9.97 Å². The summed E-state index contributed by atoms with van der Waals surface area (Å²) < 4.78 is 0. The molecule has 2 heterocycles. The summed E-state index contributed by atoms with van der Waals surface area (Å²) in [6.07, 6.45) is 1.97. The van der Waals surface area contributed by atoms with Crippen LogP contribution in [0.2, 0.25) is 5.15 Å². The van der Waals surface area contributed by atoms with Gasteiger partial charge in [0.15, 0.2) is 5.16 Å². The first-order valence-electron chi connectivity index (χ1n) is 6.12. The van der Waals surface area contributed by atoms with Crippen molar-refractivity contribution in [3.63, 3.8) is 0 Å². The van der Waals surface area contributed by atoms with E-state index in [0.717, 1.165) is 36.0 Å². The predicted molar refractivity (Wildman–Crippen MR) is 78.2 cm³/mol. The number of hydrogen-bond donors (Lipinski definition) is 0. The molecule has 0 saturated carbocycles. The molecule has 0 N–H and O–H groups in total. The molecule has 1 aliphatic heterocycles. The van der Waals surface area contributed by atoms with Gasteiger partial charge in [-0.15, -0.1) is 0 Å². The van der Waals surface area contributed by atoms with Gasteiger partial charge in [-0.1, -0.05) is 53.7 Å². The maximum absolute atomic E-state index is 6.23. The zero-order valence-electron chi connectivity index (χ0n) is 10.6. The minimum absolute atomic E-state index is 0.602. The molecule has 19 heavy (non-hydrogen) atoms. The van der Waals surface area contributed by atoms with Crippen LogP contribution in [0.4, 0.5) is 0 Å². The van der Waals surface area contributed by atoms with E-state index in [9.17, 15) is 0 Å². The van der Waals surface area contributed by atoms with Crippen LogP contribution in [0.25, 0.3) is 0 Å². The summed E-state index contributed by atoms with van der Waals surface area (Å²) in [7, 11) is 0. The van der Waals surface area contributed by atoms with E-state index in [0.29, 0.717) is 5.15 Å². The van der Waals surface area contributed by atoms with Gasteiger partial charge in [-0.2, -0.15) is 0 Å². The summed E-state index contributed by atoms with van der Waals surface area (Å²) >= 11 is 7.76. The Balaban J connectivity index is 1.79. The largest absolute Gasteiger partial charge is 0.289 e. The first-order valence-corrected chi connectivity index (χ1v) is 7.72. The quantitative estimate of drug-likeness (QED) is 0.492. The van der Waals surface area contributed by atoms with Crippen LogP contribution in [0.5, 0.6) is 0 Å². The van der Waals surface area contributed by atoms with Crippen LogP contribution in [-0.4, -0.2) is 21.1 Å². The molecule has 0 radical (unpaired) electrons. The van der Waals surface area contributed by atoms with Gasteiger partial charge < -0.3 is 0 Å². The third-order valence-corrected chi connectivity index (χ3v) is 4.07. The van der Waals surface area contributed by atoms with Gasteiger partial charge in [0.25, 0.3) is 0 Å². The Labute approximate surface area is 122 Å². The second kappa shape index (κ2) is 5.49. The molecular formula is C14H14ClN3S. The third-order valence-electron chi connectivity index (χ3n) is 3.21. The molecule has 0 fully saturated rings. The molecule has 0 spiro atoms. The molecule has 0 saturated heterocycles. The second-order valence-electron chi connectivity index (χ2n) is 4.56. The van der Waals surface area contributed by atoms with Gasteiger partial charge in [0.2, 0.25) is 0 Å². The first kappa shape index (κ1) is 12.9. The van der Waals surface area contributed by atoms with Crippen molar-refractivity contribution in [1.29, 1.82) is 0 Å². The SMILES string of the molecule is CSc1nc(Cl)c2c(n1)CN(Cc1ccccc1)C2. The molecule has 3 nitrogen and oxygen atoms in total. The maximum Gasteiger partial charge on any atom is 0.188 e. The first-order chi connectivity index (χ1) is 9.26. The fourth-order valence-corrected chi connectivity index (χ4v) is 2.98. The molecule has 0 atom stereocenters. The highest BCUT2D eigenvalue weighted by atomic mass is 35.5. The van der Waals surface area contributed by atoms with Crippen LogP contribution in [-0.2, 0) is 19.6 Å². The van der Waals surface area contributed by atoms with Gasteiger partial charge in [-0.05, 0) is 11.8 Å². The van der Waals surface area contributed by atoms with Crippen molar-refractivity contribution in [1.82, 2.24) is 14.9 Å². The summed E-state index contributed by atoms with van der Waals surface area (Å²) in [4.78, 5) is 11.2. The Morgan fingerprint density at radius 3 is 2.74 bits per heavy atom. The number of fused-ring (bicyclic) bond motifs is 1. The number of halogens is 1. The Kier molecular flexibility index (Phi) is 3.73. The van der Waals surface area contributed by atoms with Crippen LogP contribution in [0.3, 0.4) is 0 Å². The standard InChI is InChI=1S/C14H14ClN3S/c1-19-14-16-12-9-18(8-11(12)13(15)17-14)7-10-5-3-2-4-6-10/h2-6H,7-9H2,1H3. The predicted octanol–water partition coefficient (Wildman–Crippen LogP) is 3.37. The molecule has 0 unspecified atom stereocenters. The molecule has 5 heteroatoms. The van der Waals surface area contributed by atoms with Gasteiger partial charge in [0.05, 0.1) is 5.69 Å². The summed E-state index contributed by atoms with van der Waals surface area (Å²) in [6.45, 7) is 2.60. The highest BCUT2D eigenvalue weighted by Gasteiger charge is 2.24. The van der Waals surface area contributed by atoms with Crippen molar-refractivity contribution < 1.29 is 0 Å². The monoisotopic (exact) mass is 291 g/mol. The van der Waals surface area contributed by atoms with Gasteiger partial charge >= 0.3 is 0 Å². The van der Waals surface area contributed by atoms with Crippen LogP contribution >= 0.6 is 23.4 Å². The summed E-state index contributed by atoms with van der Waals surface area (Å²) in [5, 5.41) is 1.36. The Hall–Kier alpha value is -1.10. The zero-order valence-corrected chi connectivity index (χ0v) is 12.2. The van der Waals surface area contributed by atoms with E-state index in [2.05, 4.69) is 39.1 Å². The minimum atomic E-state index is 0.602. The number of thioether (sulfide) groups is 1. The van der Waals surface area contributed by atoms with Crippen LogP contribution in [0, 0.1) is 0 Å². The van der Waals surface area contributed by atoms with E-state index in [1.54, 1.807) is 0 Å². The normalized spacial score (nSPS) is 14.6. The molecule has 1 aliphatic rings. The lowest BCUT2D eigenvalue weighted by atomic mass is 10.2. The average Bonchev–Trinajstić information content (AvgIpc) is 2.83. The molecule has 3 rings (SSSR count). The molecule has 1 aromatic carbocycles. The zero-order chi connectivity index (χ0) is 13.2. The molecule has 0 aliphatic carbocycles. The molecule has 2 aromatic rings. The van der Waals surface area contributed by atoms with Crippen molar-refractivity contribution in [3.8, 4) is 0 Å². The van der Waals surface area contributed by atoms with Gasteiger partial charge in [0, 0.05) is 25.2 Å². The number of aromatic nitrogens is 2. The lowest BCUT2D eigenvalue weighted by Crippen LogP contribution is -2.15. The van der Waals surface area contributed by atoms with E-state index in [-0.39, 0.29) is 0 Å². The smallest absolute Gasteiger partial charge is 0.188 e. The number of benzene rings is 1. The van der Waals surface area contributed by atoms with Crippen LogP contribution in [0.1, 0.15) is 16.8 Å². The lowest BCUT2D eigenvalue weighted by molar-refractivity contribution is 0.274. The van der Waals surface area contributed by atoms with E-state index in [4.69, 9.17) is 11.6 Å². The van der Waals surface area contributed by atoms with Gasteiger partial charge in [0.1, 0.15) is 5.15 Å². The van der Waals surface area contributed by atoms with E-state index in [1.807, 2.05) is 12.3 Å². The van der Waals surface area contributed by atoms with Crippen molar-refractivity contribution in [2.45, 2.75) is 24.8 Å². The summed E-state index contributed by atoms with van der Waals surface area (Å²) in [6, 6.07) is 10.5. The fourth-order valence-electron chi connectivity index (χ4n) is 2.30. The maximum atomic E-state index is 6.23. The molecular weight excluding hydrogens is 278 g/mol. The molecule has 0 amide bonds. The van der Waals surface area contributed by atoms with E-state index < -0.39 is 0 Å². The lowest BCUT2D eigenvalue weighted by Gasteiger charge is -2.14.